The molecule has 0 N–H and O–H groups in total. The Kier molecular flexibility index (Phi) is 5.79. The molecule has 0 spiro atoms. The fraction of sp³-hybridized carbons (Fsp3) is 0.800. The van der Waals surface area contributed by atoms with Crippen LogP contribution in [0.3, 0.4) is 0 Å². The van der Waals surface area contributed by atoms with Gasteiger partial charge in [0.25, 0.3) is 0 Å². The van der Waals surface area contributed by atoms with Gasteiger partial charge < -0.3 is 14.4 Å². The quantitative estimate of drug-likeness (QED) is 0.592. The summed E-state index contributed by atoms with van der Waals surface area (Å²) in [4.78, 5) is 14.4. The Morgan fingerprint density at radius 1 is 1.59 bits per heavy atom. The molecule has 2 heterocycles. The van der Waals surface area contributed by atoms with Crippen molar-refractivity contribution in [1.29, 1.82) is 0 Å². The molecule has 0 radical (unpaired) electrons. The molecule has 0 aromatic heterocycles. The van der Waals surface area contributed by atoms with Crippen LogP contribution in [0, 0.1) is 5.41 Å². The zero-order valence-electron chi connectivity index (χ0n) is 13.4. The predicted octanol–water partition coefficient (Wildman–Crippen LogP) is 4.57. The average Bonchev–Trinajstić information content (AvgIpc) is 2.56. The molecule has 0 saturated carbocycles. The minimum Gasteiger partial charge on any atom is -0.444 e. The molecule has 7 heteroatoms. The second-order valence-electron chi connectivity index (χ2n) is 6.87. The van der Waals surface area contributed by atoms with Gasteiger partial charge in [0.2, 0.25) is 0 Å². The largest absolute Gasteiger partial charge is 0.444 e. The van der Waals surface area contributed by atoms with Crippen molar-refractivity contribution in [2.75, 3.05) is 19.8 Å². The van der Waals surface area contributed by atoms with Crippen LogP contribution < -0.4 is 0 Å². The van der Waals surface area contributed by atoms with Crippen molar-refractivity contribution in [3.8, 4) is 0 Å². The van der Waals surface area contributed by atoms with Gasteiger partial charge in [0.1, 0.15) is 5.60 Å². The number of alkyl halides is 1. The summed E-state index contributed by atoms with van der Waals surface area (Å²) in [7, 11) is 0. The van der Waals surface area contributed by atoms with E-state index in [0.717, 1.165) is 10.2 Å². The van der Waals surface area contributed by atoms with Crippen molar-refractivity contribution in [2.24, 2.45) is 5.41 Å². The third-order valence-corrected chi connectivity index (χ3v) is 6.40. The Morgan fingerprint density at radius 2 is 2.27 bits per heavy atom. The Morgan fingerprint density at radius 3 is 2.82 bits per heavy atom. The van der Waals surface area contributed by atoms with E-state index >= 15 is 0 Å². The standard InChI is InChI=1S/C15H23BrClNO3S/c1-14(2,3)21-13(19)18-6-5-7-20-9-10(18)15(4)8-11(16)22-12(15)17/h8,10,12H,5-7,9H2,1-4H3. The van der Waals surface area contributed by atoms with Crippen LogP contribution in [0.2, 0.25) is 0 Å². The highest BCUT2D eigenvalue weighted by Crippen LogP contribution is 2.52. The number of nitrogens with zero attached hydrogens (tertiary/aromatic N) is 1. The predicted molar refractivity (Wildman–Crippen MR) is 94.5 cm³/mol. The van der Waals surface area contributed by atoms with Crippen LogP contribution >= 0.6 is 39.3 Å². The average molecular weight is 413 g/mol. The minimum atomic E-state index is -0.517. The van der Waals surface area contributed by atoms with E-state index in [1.165, 1.54) is 0 Å². The van der Waals surface area contributed by atoms with Crippen LogP contribution in [0.25, 0.3) is 0 Å². The van der Waals surface area contributed by atoms with Gasteiger partial charge in [-0.05, 0) is 43.1 Å². The first kappa shape index (κ1) is 18.4. The van der Waals surface area contributed by atoms with Crippen LogP contribution in [-0.2, 0) is 9.47 Å². The molecular formula is C15H23BrClNO3S. The number of ether oxygens (including phenoxy) is 2. The Bertz CT molecular complexity index is 468. The molecule has 1 amide bonds. The van der Waals surface area contributed by atoms with E-state index in [1.54, 1.807) is 16.7 Å². The summed E-state index contributed by atoms with van der Waals surface area (Å²) in [5.74, 6) is 0. The monoisotopic (exact) mass is 411 g/mol. The van der Waals surface area contributed by atoms with Crippen molar-refractivity contribution in [3.05, 3.63) is 9.89 Å². The van der Waals surface area contributed by atoms with Gasteiger partial charge in [0, 0.05) is 22.4 Å². The summed E-state index contributed by atoms with van der Waals surface area (Å²) >= 11 is 11.6. The van der Waals surface area contributed by atoms with Gasteiger partial charge in [-0.2, -0.15) is 0 Å². The molecule has 2 aliphatic heterocycles. The van der Waals surface area contributed by atoms with Gasteiger partial charge in [-0.3, -0.25) is 0 Å². The molecule has 126 valence electrons. The number of halogens is 2. The first-order valence-corrected chi connectivity index (χ1v) is 9.51. The van der Waals surface area contributed by atoms with Gasteiger partial charge in [-0.25, -0.2) is 4.79 Å². The lowest BCUT2D eigenvalue weighted by Crippen LogP contribution is -2.53. The fourth-order valence-corrected chi connectivity index (χ4v) is 5.52. The van der Waals surface area contributed by atoms with Gasteiger partial charge >= 0.3 is 6.09 Å². The maximum atomic E-state index is 12.6. The molecule has 0 bridgehead atoms. The third-order valence-electron chi connectivity index (χ3n) is 3.82. The number of hydrogen-bond acceptors (Lipinski definition) is 4. The Labute approximate surface area is 150 Å². The fourth-order valence-electron chi connectivity index (χ4n) is 2.65. The van der Waals surface area contributed by atoms with Crippen LogP contribution in [-0.4, -0.2) is 47.1 Å². The third kappa shape index (κ3) is 4.13. The van der Waals surface area contributed by atoms with Crippen LogP contribution in [0.15, 0.2) is 9.89 Å². The van der Waals surface area contributed by atoms with Crippen LogP contribution in [0.5, 0.6) is 0 Å². The zero-order valence-corrected chi connectivity index (χ0v) is 16.6. The maximum Gasteiger partial charge on any atom is 0.410 e. The molecule has 0 aromatic rings. The molecule has 1 fully saturated rings. The normalized spacial score (nSPS) is 33.4. The lowest BCUT2D eigenvalue weighted by molar-refractivity contribution is -0.00270. The topological polar surface area (TPSA) is 38.8 Å². The first-order chi connectivity index (χ1) is 10.1. The van der Waals surface area contributed by atoms with Crippen LogP contribution in [0.1, 0.15) is 34.1 Å². The summed E-state index contributed by atoms with van der Waals surface area (Å²) in [6.07, 6.45) is 2.59. The van der Waals surface area contributed by atoms with E-state index in [0.29, 0.717) is 19.8 Å². The second kappa shape index (κ2) is 6.91. The lowest BCUT2D eigenvalue weighted by atomic mass is 9.83. The molecular weight excluding hydrogens is 390 g/mol. The summed E-state index contributed by atoms with van der Waals surface area (Å²) in [5.41, 5.74) is -0.886. The molecule has 3 atom stereocenters. The SMILES string of the molecule is CC(C)(C)OC(=O)N1CCCOCC1C1(C)C=C(Br)SC1Cl. The number of hydrogen-bond donors (Lipinski definition) is 0. The maximum absolute atomic E-state index is 12.6. The highest BCUT2D eigenvalue weighted by molar-refractivity contribution is 9.14. The van der Waals surface area contributed by atoms with Gasteiger partial charge in [-0.15, -0.1) is 11.6 Å². The molecule has 2 aliphatic rings. The molecule has 0 aromatic carbocycles. The number of thioether (sulfide) groups is 1. The summed E-state index contributed by atoms with van der Waals surface area (Å²) in [6.45, 7) is 9.44. The lowest BCUT2D eigenvalue weighted by Gasteiger charge is -2.41. The second-order valence-corrected chi connectivity index (χ2v) is 10.1. The Balaban J connectivity index is 2.27. The smallest absolute Gasteiger partial charge is 0.410 e. The molecule has 3 unspecified atom stereocenters. The summed E-state index contributed by atoms with van der Waals surface area (Å²) in [6, 6.07) is -0.144. The van der Waals surface area contributed by atoms with E-state index in [4.69, 9.17) is 21.1 Å². The van der Waals surface area contributed by atoms with E-state index < -0.39 is 5.60 Å². The van der Waals surface area contributed by atoms with E-state index in [-0.39, 0.29) is 22.3 Å². The van der Waals surface area contributed by atoms with E-state index in [1.807, 2.05) is 20.8 Å². The zero-order chi connectivity index (χ0) is 16.5. The molecule has 4 nitrogen and oxygen atoms in total. The first-order valence-electron chi connectivity index (χ1n) is 7.40. The molecule has 22 heavy (non-hydrogen) atoms. The molecule has 2 rings (SSSR count). The van der Waals surface area contributed by atoms with Gasteiger partial charge in [0.15, 0.2) is 0 Å². The number of carbonyl (C=O) groups excluding carboxylic acids is 1. The number of rotatable bonds is 1. The highest BCUT2D eigenvalue weighted by Gasteiger charge is 2.48. The van der Waals surface area contributed by atoms with E-state index in [2.05, 4.69) is 28.9 Å². The number of amides is 1. The van der Waals surface area contributed by atoms with Crippen molar-refractivity contribution >= 4 is 45.4 Å². The van der Waals surface area contributed by atoms with Crippen molar-refractivity contribution in [1.82, 2.24) is 4.90 Å². The van der Waals surface area contributed by atoms with Gasteiger partial charge in [-0.1, -0.05) is 24.8 Å². The van der Waals surface area contributed by atoms with Crippen molar-refractivity contribution < 1.29 is 14.3 Å². The Hall–Kier alpha value is 0.0900. The summed E-state index contributed by atoms with van der Waals surface area (Å²) in [5, 5.41) is 0. The van der Waals surface area contributed by atoms with Crippen molar-refractivity contribution in [3.63, 3.8) is 0 Å². The summed E-state index contributed by atoms with van der Waals surface area (Å²) < 4.78 is 12.1. The van der Waals surface area contributed by atoms with E-state index in [9.17, 15) is 4.79 Å². The van der Waals surface area contributed by atoms with Gasteiger partial charge in [0.05, 0.1) is 17.4 Å². The molecule has 1 saturated heterocycles. The molecule has 0 aliphatic carbocycles. The van der Waals surface area contributed by atoms with Crippen molar-refractivity contribution in [2.45, 2.75) is 50.5 Å². The number of carbonyl (C=O) groups is 1. The highest BCUT2D eigenvalue weighted by atomic mass is 79.9. The van der Waals surface area contributed by atoms with Crippen LogP contribution in [0.4, 0.5) is 4.79 Å². The minimum absolute atomic E-state index is 0.144.